The monoisotopic (exact) mass is 402 g/mol. The van der Waals surface area contributed by atoms with E-state index in [-0.39, 0.29) is 10.9 Å². The van der Waals surface area contributed by atoms with Crippen molar-refractivity contribution in [1.82, 2.24) is 4.90 Å². The molecule has 0 aromatic heterocycles. The fourth-order valence-corrected chi connectivity index (χ4v) is 4.03. The Kier molecular flexibility index (Phi) is 6.36. The molecule has 150 valence electrons. The third-order valence-corrected chi connectivity index (χ3v) is 6.03. The van der Waals surface area contributed by atoms with Gasteiger partial charge in [0, 0.05) is 51.6 Å². The third kappa shape index (κ3) is 5.33. The molecule has 2 aromatic rings. The highest BCUT2D eigenvalue weighted by atomic mass is 32.2. The van der Waals surface area contributed by atoms with Crippen molar-refractivity contribution in [3.63, 3.8) is 0 Å². The Labute approximate surface area is 166 Å². The van der Waals surface area contributed by atoms with Crippen LogP contribution in [-0.2, 0) is 19.4 Å². The number of carbonyl (C=O) groups is 1. The molecule has 1 heterocycles. The highest BCUT2D eigenvalue weighted by molar-refractivity contribution is 7.90. The van der Waals surface area contributed by atoms with Crippen LogP contribution in [0.5, 0.6) is 0 Å². The van der Waals surface area contributed by atoms with Crippen LogP contribution in [0.4, 0.5) is 5.69 Å². The number of rotatable bonds is 6. The summed E-state index contributed by atoms with van der Waals surface area (Å²) in [6.07, 6.45) is 0.756. The summed E-state index contributed by atoms with van der Waals surface area (Å²) >= 11 is 0. The van der Waals surface area contributed by atoms with Crippen molar-refractivity contribution in [3.8, 4) is 0 Å². The number of hydrogen-bond donors (Lipinski definition) is 0. The van der Waals surface area contributed by atoms with E-state index < -0.39 is 15.9 Å². The third-order valence-electron chi connectivity index (χ3n) is 4.91. The van der Waals surface area contributed by atoms with Gasteiger partial charge in [0.05, 0.1) is 4.90 Å². The van der Waals surface area contributed by atoms with E-state index in [1.165, 1.54) is 18.9 Å². The number of carbonyl (C=O) groups excluding carboxylic acids is 1. The molecule has 6 nitrogen and oxygen atoms in total. The van der Waals surface area contributed by atoms with Crippen molar-refractivity contribution in [1.29, 1.82) is 0 Å². The number of esters is 1. The van der Waals surface area contributed by atoms with E-state index in [9.17, 15) is 13.2 Å². The average Bonchev–Trinajstić information content (AvgIpc) is 2.68. The Morgan fingerprint density at radius 2 is 1.61 bits per heavy atom. The lowest BCUT2D eigenvalue weighted by Gasteiger charge is -2.37. The minimum atomic E-state index is -3.25. The summed E-state index contributed by atoms with van der Waals surface area (Å²) in [7, 11) is -3.25. The van der Waals surface area contributed by atoms with Gasteiger partial charge in [0.25, 0.3) is 0 Å². The molecule has 3 rings (SSSR count). The fourth-order valence-electron chi connectivity index (χ4n) is 3.40. The second-order valence-electron chi connectivity index (χ2n) is 7.06. The average molecular weight is 403 g/mol. The van der Waals surface area contributed by atoms with Crippen molar-refractivity contribution in [2.45, 2.75) is 17.9 Å². The van der Waals surface area contributed by atoms with Crippen LogP contribution in [0.3, 0.4) is 0 Å². The standard InChI is InChI=1S/C21H26N2O4S/c1-17(24)27-21(18-8-10-20(11-9-18)28(2,25)26)16-22-12-14-23(15-13-22)19-6-4-3-5-7-19/h3-11,21H,12-16H2,1-2H3/t21-/m0/s1. The van der Waals surface area contributed by atoms with Gasteiger partial charge < -0.3 is 9.64 Å². The number of anilines is 1. The lowest BCUT2D eigenvalue weighted by molar-refractivity contribution is -0.147. The zero-order chi connectivity index (χ0) is 20.1. The van der Waals surface area contributed by atoms with Gasteiger partial charge in [0.15, 0.2) is 9.84 Å². The Balaban J connectivity index is 1.66. The first kappa shape index (κ1) is 20.4. The molecular weight excluding hydrogens is 376 g/mol. The van der Waals surface area contributed by atoms with Gasteiger partial charge in [-0.2, -0.15) is 0 Å². The highest BCUT2D eigenvalue weighted by Gasteiger charge is 2.23. The van der Waals surface area contributed by atoms with Crippen LogP contribution in [0.25, 0.3) is 0 Å². The lowest BCUT2D eigenvalue weighted by atomic mass is 10.1. The molecule has 0 N–H and O–H groups in total. The molecular formula is C21H26N2O4S. The minimum absolute atomic E-state index is 0.259. The lowest BCUT2D eigenvalue weighted by Crippen LogP contribution is -2.47. The molecule has 1 atom stereocenters. The van der Waals surface area contributed by atoms with Crippen LogP contribution in [0.2, 0.25) is 0 Å². The molecule has 0 radical (unpaired) electrons. The van der Waals surface area contributed by atoms with E-state index in [4.69, 9.17) is 4.74 Å². The predicted molar refractivity (Wildman–Crippen MR) is 109 cm³/mol. The Morgan fingerprint density at radius 1 is 1.00 bits per heavy atom. The van der Waals surface area contributed by atoms with E-state index >= 15 is 0 Å². The molecule has 1 aliphatic heterocycles. The molecule has 28 heavy (non-hydrogen) atoms. The zero-order valence-electron chi connectivity index (χ0n) is 16.2. The molecule has 0 bridgehead atoms. The number of nitrogens with zero attached hydrogens (tertiary/aromatic N) is 2. The van der Waals surface area contributed by atoms with Crippen LogP contribution >= 0.6 is 0 Å². The number of piperazine rings is 1. The van der Waals surface area contributed by atoms with E-state index in [1.54, 1.807) is 24.3 Å². The first-order valence-electron chi connectivity index (χ1n) is 9.32. The summed E-state index contributed by atoms with van der Waals surface area (Å²) < 4.78 is 28.8. The molecule has 1 fully saturated rings. The van der Waals surface area contributed by atoms with Gasteiger partial charge in [-0.15, -0.1) is 0 Å². The second kappa shape index (κ2) is 8.75. The van der Waals surface area contributed by atoms with Crippen molar-refractivity contribution < 1.29 is 17.9 Å². The maximum absolute atomic E-state index is 11.7. The van der Waals surface area contributed by atoms with Crippen LogP contribution in [0, 0.1) is 0 Å². The van der Waals surface area contributed by atoms with Crippen molar-refractivity contribution >= 4 is 21.5 Å². The van der Waals surface area contributed by atoms with E-state index in [1.807, 2.05) is 18.2 Å². The summed E-state index contributed by atoms with van der Waals surface area (Å²) in [5.74, 6) is -0.347. The van der Waals surface area contributed by atoms with E-state index in [2.05, 4.69) is 21.9 Å². The number of hydrogen-bond acceptors (Lipinski definition) is 6. The first-order chi connectivity index (χ1) is 13.3. The quantitative estimate of drug-likeness (QED) is 0.692. The molecule has 0 aliphatic carbocycles. The molecule has 0 amide bonds. The maximum Gasteiger partial charge on any atom is 0.303 e. The molecule has 0 spiro atoms. The van der Waals surface area contributed by atoms with E-state index in [0.29, 0.717) is 6.54 Å². The van der Waals surface area contributed by atoms with Gasteiger partial charge >= 0.3 is 5.97 Å². The number of sulfone groups is 1. The normalized spacial score (nSPS) is 16.6. The first-order valence-corrected chi connectivity index (χ1v) is 11.2. The van der Waals surface area contributed by atoms with Gasteiger partial charge in [0.2, 0.25) is 0 Å². The molecule has 1 aliphatic rings. The molecule has 2 aromatic carbocycles. The van der Waals surface area contributed by atoms with Crippen LogP contribution in [0.15, 0.2) is 59.5 Å². The Morgan fingerprint density at radius 3 is 2.14 bits per heavy atom. The van der Waals surface area contributed by atoms with Gasteiger partial charge in [-0.1, -0.05) is 30.3 Å². The summed E-state index contributed by atoms with van der Waals surface area (Å²) in [6.45, 7) is 5.53. The zero-order valence-corrected chi connectivity index (χ0v) is 17.1. The Hall–Kier alpha value is -2.38. The van der Waals surface area contributed by atoms with Crippen LogP contribution < -0.4 is 4.90 Å². The number of ether oxygens (including phenoxy) is 1. The number of para-hydroxylation sites is 1. The molecule has 0 saturated carbocycles. The highest BCUT2D eigenvalue weighted by Crippen LogP contribution is 2.23. The van der Waals surface area contributed by atoms with Crippen LogP contribution in [0.1, 0.15) is 18.6 Å². The molecule has 1 saturated heterocycles. The van der Waals surface area contributed by atoms with Crippen molar-refractivity contribution in [2.24, 2.45) is 0 Å². The van der Waals surface area contributed by atoms with Gasteiger partial charge in [-0.25, -0.2) is 8.42 Å². The summed E-state index contributed by atoms with van der Waals surface area (Å²) in [5.41, 5.74) is 2.02. The summed E-state index contributed by atoms with van der Waals surface area (Å²) in [6, 6.07) is 16.9. The van der Waals surface area contributed by atoms with Crippen molar-refractivity contribution in [2.75, 3.05) is 43.9 Å². The minimum Gasteiger partial charge on any atom is -0.456 e. The topological polar surface area (TPSA) is 66.9 Å². The SMILES string of the molecule is CC(=O)O[C@@H](CN1CCN(c2ccccc2)CC1)c1ccc(S(C)(=O)=O)cc1. The van der Waals surface area contributed by atoms with Gasteiger partial charge in [-0.05, 0) is 29.8 Å². The smallest absolute Gasteiger partial charge is 0.303 e. The fraction of sp³-hybridized carbons (Fsp3) is 0.381. The number of benzene rings is 2. The summed E-state index contributed by atoms with van der Waals surface area (Å²) in [4.78, 5) is 16.5. The van der Waals surface area contributed by atoms with Gasteiger partial charge in [-0.3, -0.25) is 9.69 Å². The van der Waals surface area contributed by atoms with Crippen molar-refractivity contribution in [3.05, 3.63) is 60.2 Å². The predicted octanol–water partition coefficient (Wildman–Crippen LogP) is 2.52. The van der Waals surface area contributed by atoms with Gasteiger partial charge in [0.1, 0.15) is 6.10 Å². The molecule has 0 unspecified atom stereocenters. The summed E-state index contributed by atoms with van der Waals surface area (Å²) in [5, 5.41) is 0. The van der Waals surface area contributed by atoms with E-state index in [0.717, 1.165) is 31.7 Å². The molecule has 7 heteroatoms. The largest absolute Gasteiger partial charge is 0.456 e. The maximum atomic E-state index is 11.7. The Bertz CT molecular complexity index is 890. The van der Waals surface area contributed by atoms with Crippen LogP contribution in [-0.4, -0.2) is 58.3 Å². The second-order valence-corrected chi connectivity index (χ2v) is 9.08.